The zero-order chi connectivity index (χ0) is 12.8. The average Bonchev–Trinajstić information content (AvgIpc) is 2.21. The molecule has 3 nitrogen and oxygen atoms in total. The van der Waals surface area contributed by atoms with Crippen LogP contribution < -0.4 is 0 Å². The van der Waals surface area contributed by atoms with Crippen molar-refractivity contribution in [1.29, 1.82) is 0 Å². The summed E-state index contributed by atoms with van der Waals surface area (Å²) in [6.45, 7) is 7.61. The van der Waals surface area contributed by atoms with Crippen LogP contribution in [0, 0.1) is 11.3 Å². The molecule has 0 bridgehead atoms. The Morgan fingerprint density at radius 3 is 2.12 bits per heavy atom. The summed E-state index contributed by atoms with van der Waals surface area (Å²) in [6.07, 6.45) is 3.64. The Morgan fingerprint density at radius 2 is 1.75 bits per heavy atom. The summed E-state index contributed by atoms with van der Waals surface area (Å²) in [5, 5.41) is 0. The quantitative estimate of drug-likeness (QED) is 0.399. The fraction of sp³-hybridized carbons (Fsp3) is 0.846. The molecule has 0 aliphatic rings. The van der Waals surface area contributed by atoms with Gasteiger partial charge < -0.3 is 4.74 Å². The van der Waals surface area contributed by atoms with E-state index in [2.05, 4.69) is 6.92 Å². The van der Waals surface area contributed by atoms with Crippen LogP contribution >= 0.6 is 0 Å². The molecule has 0 amide bonds. The first-order valence-electron chi connectivity index (χ1n) is 5.96. The van der Waals surface area contributed by atoms with Gasteiger partial charge in [-0.15, -0.1) is 0 Å². The van der Waals surface area contributed by atoms with Gasteiger partial charge in [0.15, 0.2) is 5.78 Å². The minimum Gasteiger partial charge on any atom is -0.468 e. The summed E-state index contributed by atoms with van der Waals surface area (Å²) in [7, 11) is 1.34. The molecule has 0 aromatic carbocycles. The fourth-order valence-electron chi connectivity index (χ4n) is 1.62. The zero-order valence-corrected chi connectivity index (χ0v) is 11.1. The van der Waals surface area contributed by atoms with Crippen LogP contribution in [0.15, 0.2) is 0 Å². The van der Waals surface area contributed by atoms with E-state index in [1.165, 1.54) is 7.11 Å². The maximum atomic E-state index is 12.1. The van der Waals surface area contributed by atoms with E-state index in [-0.39, 0.29) is 5.78 Å². The highest BCUT2D eigenvalue weighted by atomic mass is 16.5. The van der Waals surface area contributed by atoms with E-state index < -0.39 is 17.3 Å². The third-order valence-electron chi connectivity index (χ3n) is 2.64. The Hall–Kier alpha value is -0.860. The standard InChI is InChI=1S/C13H24O3/c1-6-7-8-9-10(12(15)16-5)11(14)13(2,3)4/h10H,6-9H2,1-5H3. The number of hydrogen-bond donors (Lipinski definition) is 0. The first kappa shape index (κ1) is 15.1. The fourth-order valence-corrected chi connectivity index (χ4v) is 1.62. The molecule has 0 saturated heterocycles. The lowest BCUT2D eigenvalue weighted by atomic mass is 9.81. The van der Waals surface area contributed by atoms with Gasteiger partial charge in [0.1, 0.15) is 5.92 Å². The van der Waals surface area contributed by atoms with Gasteiger partial charge in [0, 0.05) is 5.41 Å². The van der Waals surface area contributed by atoms with Crippen LogP contribution in [0.25, 0.3) is 0 Å². The molecule has 0 aliphatic carbocycles. The van der Waals surface area contributed by atoms with Crippen LogP contribution in [0.2, 0.25) is 0 Å². The summed E-state index contributed by atoms with van der Waals surface area (Å²) in [5.41, 5.74) is -0.481. The zero-order valence-electron chi connectivity index (χ0n) is 11.1. The molecule has 1 atom stereocenters. The lowest BCUT2D eigenvalue weighted by molar-refractivity contribution is -0.152. The average molecular weight is 228 g/mol. The van der Waals surface area contributed by atoms with E-state index in [4.69, 9.17) is 4.74 Å². The molecule has 0 saturated carbocycles. The minimum atomic E-state index is -0.587. The Morgan fingerprint density at radius 1 is 1.19 bits per heavy atom. The van der Waals surface area contributed by atoms with Crippen LogP contribution in [0.3, 0.4) is 0 Å². The number of Topliss-reactive ketones (excluding diaryl/α,β-unsaturated/α-hetero) is 1. The van der Waals surface area contributed by atoms with E-state index in [1.807, 2.05) is 20.8 Å². The van der Waals surface area contributed by atoms with Crippen LogP contribution in [-0.2, 0) is 14.3 Å². The summed E-state index contributed by atoms with van der Waals surface area (Å²) in [6, 6.07) is 0. The number of methoxy groups -OCH3 is 1. The number of carbonyl (C=O) groups is 2. The summed E-state index contributed by atoms with van der Waals surface area (Å²) in [5.74, 6) is -0.997. The molecule has 16 heavy (non-hydrogen) atoms. The van der Waals surface area contributed by atoms with Gasteiger partial charge in [0.2, 0.25) is 0 Å². The van der Waals surface area contributed by atoms with Crippen molar-refractivity contribution in [2.24, 2.45) is 11.3 Å². The van der Waals surface area contributed by atoms with Gasteiger partial charge in [-0.05, 0) is 6.42 Å². The van der Waals surface area contributed by atoms with Gasteiger partial charge in [-0.25, -0.2) is 0 Å². The van der Waals surface area contributed by atoms with E-state index >= 15 is 0 Å². The van der Waals surface area contributed by atoms with Crippen LogP contribution in [-0.4, -0.2) is 18.9 Å². The monoisotopic (exact) mass is 228 g/mol. The van der Waals surface area contributed by atoms with Gasteiger partial charge in [0.05, 0.1) is 7.11 Å². The van der Waals surface area contributed by atoms with Crippen LogP contribution in [0.4, 0.5) is 0 Å². The van der Waals surface area contributed by atoms with Crippen molar-refractivity contribution < 1.29 is 14.3 Å². The second-order valence-corrected chi connectivity index (χ2v) is 5.19. The Balaban J connectivity index is 4.55. The first-order valence-corrected chi connectivity index (χ1v) is 5.96. The first-order chi connectivity index (χ1) is 7.34. The number of rotatable bonds is 6. The smallest absolute Gasteiger partial charge is 0.316 e. The highest BCUT2D eigenvalue weighted by molar-refractivity contribution is 6.01. The third kappa shape index (κ3) is 4.77. The highest BCUT2D eigenvalue weighted by Gasteiger charge is 2.34. The molecule has 0 radical (unpaired) electrons. The largest absolute Gasteiger partial charge is 0.468 e. The lowest BCUT2D eigenvalue weighted by Crippen LogP contribution is -2.34. The second kappa shape index (κ2) is 6.66. The Kier molecular flexibility index (Phi) is 6.31. The maximum absolute atomic E-state index is 12.1. The predicted molar refractivity (Wildman–Crippen MR) is 64.1 cm³/mol. The number of esters is 1. The molecular weight excluding hydrogens is 204 g/mol. The molecule has 0 spiro atoms. The molecular formula is C13H24O3. The molecule has 0 aliphatic heterocycles. The van der Waals surface area contributed by atoms with Crippen LogP contribution in [0.5, 0.6) is 0 Å². The minimum absolute atomic E-state index is 0.0181. The molecule has 0 aromatic heterocycles. The molecule has 1 unspecified atom stereocenters. The van der Waals surface area contributed by atoms with E-state index in [9.17, 15) is 9.59 Å². The maximum Gasteiger partial charge on any atom is 0.316 e. The van der Waals surface area contributed by atoms with Crippen molar-refractivity contribution >= 4 is 11.8 Å². The van der Waals surface area contributed by atoms with Crippen molar-refractivity contribution in [3.8, 4) is 0 Å². The summed E-state index contributed by atoms with van der Waals surface area (Å²) >= 11 is 0. The molecule has 0 heterocycles. The van der Waals surface area contributed by atoms with Gasteiger partial charge in [-0.1, -0.05) is 47.0 Å². The van der Waals surface area contributed by atoms with Crippen LogP contribution in [0.1, 0.15) is 53.4 Å². The van der Waals surface area contributed by atoms with Crippen molar-refractivity contribution in [3.05, 3.63) is 0 Å². The summed E-state index contributed by atoms with van der Waals surface area (Å²) < 4.78 is 4.70. The normalized spacial score (nSPS) is 13.3. The van der Waals surface area contributed by atoms with Crippen molar-refractivity contribution in [1.82, 2.24) is 0 Å². The Labute approximate surface area is 98.6 Å². The number of ketones is 1. The lowest BCUT2D eigenvalue weighted by Gasteiger charge is -2.22. The summed E-state index contributed by atoms with van der Waals surface area (Å²) in [4.78, 5) is 23.6. The van der Waals surface area contributed by atoms with Gasteiger partial charge >= 0.3 is 5.97 Å². The van der Waals surface area contributed by atoms with Gasteiger partial charge in [-0.2, -0.15) is 0 Å². The Bertz CT molecular complexity index is 238. The number of hydrogen-bond acceptors (Lipinski definition) is 3. The molecule has 0 aromatic rings. The van der Waals surface area contributed by atoms with Crippen molar-refractivity contribution in [3.63, 3.8) is 0 Å². The van der Waals surface area contributed by atoms with Crippen molar-refractivity contribution in [2.75, 3.05) is 7.11 Å². The van der Waals surface area contributed by atoms with E-state index in [1.54, 1.807) is 0 Å². The topological polar surface area (TPSA) is 43.4 Å². The van der Waals surface area contributed by atoms with Crippen molar-refractivity contribution in [2.45, 2.75) is 53.4 Å². The van der Waals surface area contributed by atoms with E-state index in [0.29, 0.717) is 6.42 Å². The van der Waals surface area contributed by atoms with Gasteiger partial charge in [-0.3, -0.25) is 9.59 Å². The predicted octanol–water partition coefficient (Wildman–Crippen LogP) is 2.97. The number of carbonyl (C=O) groups excluding carboxylic acids is 2. The molecule has 0 N–H and O–H groups in total. The van der Waals surface area contributed by atoms with E-state index in [0.717, 1.165) is 19.3 Å². The molecule has 0 rings (SSSR count). The highest BCUT2D eigenvalue weighted by Crippen LogP contribution is 2.24. The van der Waals surface area contributed by atoms with Gasteiger partial charge in [0.25, 0.3) is 0 Å². The number of unbranched alkanes of at least 4 members (excludes halogenated alkanes) is 2. The third-order valence-corrected chi connectivity index (χ3v) is 2.64. The molecule has 0 fully saturated rings. The SMILES string of the molecule is CCCCCC(C(=O)OC)C(=O)C(C)(C)C. The molecule has 3 heteroatoms. The second-order valence-electron chi connectivity index (χ2n) is 5.19. The molecule has 94 valence electrons. The number of ether oxygens (including phenoxy) is 1.